The Labute approximate surface area is 319 Å². The summed E-state index contributed by atoms with van der Waals surface area (Å²) < 4.78 is 40.7. The van der Waals surface area contributed by atoms with Gasteiger partial charge in [-0.2, -0.15) is 0 Å². The first-order chi connectivity index (χ1) is 25.2. The van der Waals surface area contributed by atoms with Crippen molar-refractivity contribution in [3.8, 4) is 0 Å². The van der Waals surface area contributed by atoms with Crippen LogP contribution in [-0.4, -0.2) is 124 Å². The number of likely N-dealkylation sites (N-methyl/N-ethyl adjacent to an activating group) is 1. The number of fused-ring (bicyclic) bond motifs is 1. The summed E-state index contributed by atoms with van der Waals surface area (Å²) in [6.45, 7) is 14.7. The molecule has 4 rings (SSSR count). The second kappa shape index (κ2) is 17.4. The van der Waals surface area contributed by atoms with Gasteiger partial charge < -0.3 is 34.1 Å². The van der Waals surface area contributed by atoms with Crippen LogP contribution in [0.5, 0.6) is 0 Å². The summed E-state index contributed by atoms with van der Waals surface area (Å²) in [4.78, 5) is 57.8. The summed E-state index contributed by atoms with van der Waals surface area (Å²) >= 11 is 0. The summed E-state index contributed by atoms with van der Waals surface area (Å²) in [5, 5.41) is 24.8. The third-order valence-electron chi connectivity index (χ3n) is 11.8. The fourth-order valence-electron chi connectivity index (χ4n) is 8.66. The molecule has 3 fully saturated rings. The monoisotopic (exact) mass is 763 g/mol. The SMILES string of the molecule is CC[C@H]1OC(=O)[C@@](C)(F)C(=O)[C@H](C)[C@@H](OC2O[C@H](C)C[C@H](N(C)CC)[C@H]2O)[C@](C)(O)C[C@@H](C)C(=O)[C@H](C)C2N(NCCCc3ccccc3)C(=O)O[C@@]21C. The van der Waals surface area contributed by atoms with Crippen molar-refractivity contribution in [2.24, 2.45) is 17.8 Å². The number of halogens is 1. The van der Waals surface area contributed by atoms with Gasteiger partial charge in [0.05, 0.1) is 17.8 Å². The number of carbonyl (C=O) groups excluding carboxylic acids is 4. The van der Waals surface area contributed by atoms with Gasteiger partial charge in [0.1, 0.15) is 24.0 Å². The molecule has 13 atom stereocenters. The van der Waals surface area contributed by atoms with Crippen LogP contribution < -0.4 is 5.43 Å². The Morgan fingerprint density at radius 3 is 2.30 bits per heavy atom. The number of benzene rings is 1. The largest absolute Gasteiger partial charge is 0.455 e. The van der Waals surface area contributed by atoms with Crippen LogP contribution in [0.25, 0.3) is 0 Å². The van der Waals surface area contributed by atoms with Crippen molar-refractivity contribution in [1.82, 2.24) is 15.3 Å². The number of ketones is 2. The third-order valence-corrected chi connectivity index (χ3v) is 11.8. The Morgan fingerprint density at radius 1 is 1.04 bits per heavy atom. The van der Waals surface area contributed by atoms with Crippen molar-refractivity contribution in [1.29, 1.82) is 0 Å². The van der Waals surface area contributed by atoms with Crippen molar-refractivity contribution in [3.05, 3.63) is 35.9 Å². The maximum Gasteiger partial charge on any atom is 0.425 e. The number of aliphatic hydroxyl groups is 2. The fraction of sp³-hybridized carbons (Fsp3) is 0.750. The number of nitrogens with one attached hydrogen (secondary N) is 1. The zero-order valence-corrected chi connectivity index (χ0v) is 33.5. The number of aliphatic hydroxyl groups excluding tert-OH is 1. The van der Waals surface area contributed by atoms with Crippen LogP contribution in [0.15, 0.2) is 30.3 Å². The third kappa shape index (κ3) is 9.00. The van der Waals surface area contributed by atoms with E-state index in [0.717, 1.165) is 18.9 Å². The molecule has 2 unspecified atom stereocenters. The second-order valence-corrected chi connectivity index (χ2v) is 16.2. The minimum Gasteiger partial charge on any atom is -0.455 e. The summed E-state index contributed by atoms with van der Waals surface area (Å²) in [6.07, 6.45) is -4.82. The van der Waals surface area contributed by atoms with Crippen molar-refractivity contribution in [3.63, 3.8) is 0 Å². The zero-order chi connectivity index (χ0) is 40.3. The molecule has 0 spiro atoms. The number of rotatable bonds is 10. The number of cyclic esters (lactones) is 1. The molecule has 54 heavy (non-hydrogen) atoms. The van der Waals surface area contributed by atoms with E-state index in [1.807, 2.05) is 56.1 Å². The molecule has 0 aliphatic carbocycles. The Balaban J connectivity index is 1.72. The maximum atomic E-state index is 16.7. The lowest BCUT2D eigenvalue weighted by Crippen LogP contribution is -2.62. The second-order valence-electron chi connectivity index (χ2n) is 16.2. The number of esters is 1. The van der Waals surface area contributed by atoms with Crippen molar-refractivity contribution in [2.75, 3.05) is 20.1 Å². The molecule has 1 aromatic carbocycles. The van der Waals surface area contributed by atoms with Gasteiger partial charge >= 0.3 is 12.1 Å². The van der Waals surface area contributed by atoms with Crippen LogP contribution in [-0.2, 0) is 39.8 Å². The number of hydrogen-bond donors (Lipinski definition) is 3. The van der Waals surface area contributed by atoms with Crippen LogP contribution in [0.4, 0.5) is 9.18 Å². The summed E-state index contributed by atoms with van der Waals surface area (Å²) in [7, 11) is 1.85. The van der Waals surface area contributed by atoms with Crippen LogP contribution in [0, 0.1) is 17.8 Å². The summed E-state index contributed by atoms with van der Waals surface area (Å²) in [6, 6.07) is 8.41. The molecule has 0 saturated carbocycles. The molecule has 0 bridgehead atoms. The minimum atomic E-state index is -3.23. The van der Waals surface area contributed by atoms with Crippen LogP contribution in [0.1, 0.15) is 93.6 Å². The fourth-order valence-corrected chi connectivity index (χ4v) is 8.66. The van der Waals surface area contributed by atoms with E-state index >= 15 is 4.39 Å². The molecule has 3 saturated heterocycles. The summed E-state index contributed by atoms with van der Waals surface area (Å²) in [5.41, 5.74) is -2.61. The Hall–Kier alpha value is -3.01. The van der Waals surface area contributed by atoms with E-state index in [1.165, 1.54) is 18.9 Å². The predicted octanol–water partition coefficient (Wildman–Crippen LogP) is 4.16. The molecular formula is C40H62FN3O10. The molecule has 3 aliphatic rings. The molecule has 0 radical (unpaired) electrons. The molecule has 1 amide bonds. The van der Waals surface area contributed by atoms with Crippen molar-refractivity contribution in [2.45, 2.75) is 154 Å². The van der Waals surface area contributed by atoms with Gasteiger partial charge in [0.25, 0.3) is 5.67 Å². The number of Topliss-reactive ketones (excluding diaryl/α,β-unsaturated/α-hetero) is 2. The van der Waals surface area contributed by atoms with E-state index in [0.29, 0.717) is 25.9 Å². The highest BCUT2D eigenvalue weighted by molar-refractivity contribution is 6.07. The zero-order valence-electron chi connectivity index (χ0n) is 33.5. The van der Waals surface area contributed by atoms with E-state index in [9.17, 15) is 29.4 Å². The van der Waals surface area contributed by atoms with Crippen LogP contribution in [0.3, 0.4) is 0 Å². The number of carbonyl (C=O) groups is 4. The molecule has 304 valence electrons. The van der Waals surface area contributed by atoms with Gasteiger partial charge in [0.15, 0.2) is 17.7 Å². The molecule has 0 aromatic heterocycles. The first-order valence-corrected chi connectivity index (χ1v) is 19.4. The Kier molecular flexibility index (Phi) is 14.1. The number of aryl methyl sites for hydroxylation is 1. The van der Waals surface area contributed by atoms with Gasteiger partial charge in [-0.3, -0.25) is 9.59 Å². The van der Waals surface area contributed by atoms with Crippen LogP contribution >= 0.6 is 0 Å². The molecule has 3 heterocycles. The number of ether oxygens (including phenoxy) is 4. The molecule has 14 heteroatoms. The lowest BCUT2D eigenvalue weighted by Gasteiger charge is -2.46. The lowest BCUT2D eigenvalue weighted by molar-refractivity contribution is -0.294. The molecule has 3 N–H and O–H groups in total. The lowest BCUT2D eigenvalue weighted by atomic mass is 9.73. The molecule has 13 nitrogen and oxygen atoms in total. The van der Waals surface area contributed by atoms with Gasteiger partial charge in [-0.25, -0.2) is 24.4 Å². The van der Waals surface area contributed by atoms with Gasteiger partial charge in [0.2, 0.25) is 0 Å². The highest BCUT2D eigenvalue weighted by Gasteiger charge is 2.62. The van der Waals surface area contributed by atoms with Gasteiger partial charge in [0, 0.05) is 30.3 Å². The van der Waals surface area contributed by atoms with Gasteiger partial charge in [-0.1, -0.05) is 65.0 Å². The van der Waals surface area contributed by atoms with Crippen molar-refractivity contribution >= 4 is 23.6 Å². The number of nitrogens with zero attached hydrogens (tertiary/aromatic N) is 2. The molecule has 3 aliphatic heterocycles. The quantitative estimate of drug-likeness (QED) is 0.178. The minimum absolute atomic E-state index is 0.0626. The first kappa shape index (κ1) is 43.7. The smallest absolute Gasteiger partial charge is 0.425 e. The predicted molar refractivity (Wildman–Crippen MR) is 198 cm³/mol. The number of alkyl halides is 1. The Bertz CT molecular complexity index is 1480. The van der Waals surface area contributed by atoms with Gasteiger partial charge in [-0.05, 0) is 79.0 Å². The maximum absolute atomic E-state index is 16.7. The standard InChI is InChI=1S/C40H62FN3O10/c1-11-29-40(9)32(44(37(49)54-40)42-20-16-19-27-17-14-13-15-18-27)25(5)30(45)23(3)22-38(7,50)34(26(6)33(47)39(8,41)36(48)52-29)53-35-31(46)28(43(10)12-2)21-24(4)51-35/h13-15,17-18,23-26,28-29,31-32,34-35,42,46,50H,11-12,16,19-22H2,1-10H3/t23-,24-,25+,26+,28+,29-,31-,32?,34-,35?,38-,39+,40-/m1/s1. The van der Waals surface area contributed by atoms with E-state index in [-0.39, 0.29) is 30.8 Å². The van der Waals surface area contributed by atoms with E-state index < -0.39 is 83.1 Å². The van der Waals surface area contributed by atoms with Crippen molar-refractivity contribution < 1.29 is 52.7 Å². The Morgan fingerprint density at radius 2 is 1.69 bits per heavy atom. The van der Waals surface area contributed by atoms with Crippen LogP contribution in [0.2, 0.25) is 0 Å². The average molecular weight is 764 g/mol. The normalized spacial score (nSPS) is 39.9. The summed E-state index contributed by atoms with van der Waals surface area (Å²) in [5.74, 6) is -6.37. The highest BCUT2D eigenvalue weighted by Crippen LogP contribution is 2.42. The van der Waals surface area contributed by atoms with E-state index in [4.69, 9.17) is 18.9 Å². The number of amides is 1. The molecular weight excluding hydrogens is 701 g/mol. The average Bonchev–Trinajstić information content (AvgIpc) is 3.39. The number of hydrogen-bond acceptors (Lipinski definition) is 12. The van der Waals surface area contributed by atoms with E-state index in [2.05, 4.69) is 5.43 Å². The molecule has 1 aromatic rings. The van der Waals surface area contributed by atoms with Gasteiger partial charge in [-0.15, -0.1) is 0 Å². The number of hydrazine groups is 1. The van der Waals surface area contributed by atoms with E-state index in [1.54, 1.807) is 27.7 Å². The topological polar surface area (TPSA) is 164 Å². The first-order valence-electron chi connectivity index (χ1n) is 19.4. The highest BCUT2D eigenvalue weighted by atomic mass is 19.1.